The number of fused-ring (bicyclic) bond motifs is 3. The molecule has 0 radical (unpaired) electrons. The van der Waals surface area contributed by atoms with E-state index in [4.69, 9.17) is 11.6 Å². The van der Waals surface area contributed by atoms with Crippen LogP contribution in [0.4, 0.5) is 5.69 Å². The number of benzene rings is 1. The van der Waals surface area contributed by atoms with Gasteiger partial charge >= 0.3 is 0 Å². The summed E-state index contributed by atoms with van der Waals surface area (Å²) >= 11 is 7.83. The highest BCUT2D eigenvalue weighted by molar-refractivity contribution is 8.14. The first-order valence-corrected chi connectivity index (χ1v) is 12.9. The van der Waals surface area contributed by atoms with Crippen molar-refractivity contribution < 1.29 is 9.59 Å². The number of rotatable bonds is 6. The molecular weight excluding hydrogens is 446 g/mol. The van der Waals surface area contributed by atoms with Crippen LogP contribution in [-0.2, 0) is 9.59 Å². The lowest BCUT2D eigenvalue weighted by molar-refractivity contribution is -0.155. The lowest BCUT2D eigenvalue weighted by Gasteiger charge is -2.51. The molecule has 174 valence electrons. The van der Waals surface area contributed by atoms with E-state index in [1.165, 1.54) is 17.3 Å². The number of amidine groups is 1. The molecule has 2 N–H and O–H groups in total. The molecule has 1 saturated carbocycles. The van der Waals surface area contributed by atoms with Crippen LogP contribution in [-0.4, -0.2) is 56.8 Å². The molecule has 2 heterocycles. The zero-order valence-electron chi connectivity index (χ0n) is 18.9. The second-order valence-electron chi connectivity index (χ2n) is 9.03. The molecule has 4 unspecified atom stereocenters. The molecule has 1 aromatic carbocycles. The van der Waals surface area contributed by atoms with Crippen LogP contribution < -0.4 is 10.7 Å². The van der Waals surface area contributed by atoms with E-state index in [9.17, 15) is 9.59 Å². The van der Waals surface area contributed by atoms with Crippen LogP contribution >= 0.6 is 23.4 Å². The lowest BCUT2D eigenvalue weighted by atomic mass is 9.81. The molecule has 7 nitrogen and oxygen atoms in total. The normalized spacial score (nSPS) is 27.0. The highest BCUT2D eigenvalue weighted by Gasteiger charge is 2.51. The summed E-state index contributed by atoms with van der Waals surface area (Å²) in [5.74, 6) is 0.691. The first-order valence-electron chi connectivity index (χ1n) is 11.5. The number of amides is 2. The molecule has 4 atom stereocenters. The number of carbonyl (C=O) groups excluding carboxylic acids is 2. The first-order chi connectivity index (χ1) is 15.4. The second kappa shape index (κ2) is 9.91. The number of thioether (sulfide) groups is 1. The highest BCUT2D eigenvalue weighted by Crippen LogP contribution is 2.40. The Hall–Kier alpha value is -1.93. The quantitative estimate of drug-likeness (QED) is 0.606. The molecule has 0 aromatic heterocycles. The zero-order chi connectivity index (χ0) is 22.8. The predicted molar refractivity (Wildman–Crippen MR) is 131 cm³/mol. The van der Waals surface area contributed by atoms with Crippen LogP contribution in [0.3, 0.4) is 0 Å². The van der Waals surface area contributed by atoms with Crippen molar-refractivity contribution in [1.82, 2.24) is 15.2 Å². The van der Waals surface area contributed by atoms with Crippen LogP contribution in [0.25, 0.3) is 0 Å². The van der Waals surface area contributed by atoms with E-state index in [2.05, 4.69) is 41.5 Å². The maximum atomic E-state index is 13.2. The SMILES string of the molecule is CCCN1C(=O)C2CC(Cl)CCC2N2C(SCC(=O)Nc3ccc(C(C)C)cc3)=NNC12. The standard InChI is InChI=1S/C23H32ClN5O2S/c1-4-11-28-21(31)18-12-16(24)7-10-19(18)29-22(28)26-27-23(29)32-13-20(30)25-17-8-5-15(6-9-17)14(2)3/h5-6,8-9,14,16,18-19,22,26H,4,7,10-13H2,1-3H3,(H,25,30). The fraction of sp³-hybridized carbons (Fsp3) is 0.609. The molecule has 1 aliphatic carbocycles. The van der Waals surface area contributed by atoms with Gasteiger partial charge in [-0.25, -0.2) is 0 Å². The summed E-state index contributed by atoms with van der Waals surface area (Å²) in [6, 6.07) is 8.05. The smallest absolute Gasteiger partial charge is 0.234 e. The summed E-state index contributed by atoms with van der Waals surface area (Å²) in [5.41, 5.74) is 5.18. The number of nitrogens with one attached hydrogen (secondary N) is 2. The van der Waals surface area contributed by atoms with Crippen molar-refractivity contribution in [2.24, 2.45) is 11.0 Å². The van der Waals surface area contributed by atoms with Gasteiger partial charge in [-0.1, -0.05) is 44.7 Å². The summed E-state index contributed by atoms with van der Waals surface area (Å²) in [5, 5.41) is 8.30. The van der Waals surface area contributed by atoms with Crippen molar-refractivity contribution in [3.8, 4) is 0 Å². The maximum absolute atomic E-state index is 13.2. The van der Waals surface area contributed by atoms with Crippen LogP contribution in [0, 0.1) is 5.92 Å². The minimum atomic E-state index is -0.273. The van der Waals surface area contributed by atoms with Crippen molar-refractivity contribution in [2.75, 3.05) is 17.6 Å². The number of nitrogens with zero attached hydrogens (tertiary/aromatic N) is 3. The molecule has 1 saturated heterocycles. The van der Waals surface area contributed by atoms with Crippen molar-refractivity contribution in [3.05, 3.63) is 29.8 Å². The largest absolute Gasteiger partial charge is 0.325 e. The fourth-order valence-electron chi connectivity index (χ4n) is 4.77. The molecule has 0 spiro atoms. The number of hydrogen-bond acceptors (Lipinski definition) is 6. The van der Waals surface area contributed by atoms with Crippen LogP contribution in [0.15, 0.2) is 29.4 Å². The number of halogens is 1. The van der Waals surface area contributed by atoms with Gasteiger partial charge < -0.3 is 15.1 Å². The Labute approximate surface area is 199 Å². The minimum Gasteiger partial charge on any atom is -0.325 e. The van der Waals surface area contributed by atoms with E-state index in [0.29, 0.717) is 18.9 Å². The summed E-state index contributed by atoms with van der Waals surface area (Å²) in [4.78, 5) is 29.8. The summed E-state index contributed by atoms with van der Waals surface area (Å²) in [7, 11) is 0. The second-order valence-corrected chi connectivity index (χ2v) is 10.6. The molecular formula is C23H32ClN5O2S. The Morgan fingerprint density at radius 3 is 2.75 bits per heavy atom. The predicted octanol–water partition coefficient (Wildman–Crippen LogP) is 3.97. The average Bonchev–Trinajstić information content (AvgIpc) is 3.19. The lowest BCUT2D eigenvalue weighted by Crippen LogP contribution is -2.67. The van der Waals surface area contributed by atoms with Gasteiger partial charge in [0.25, 0.3) is 0 Å². The van der Waals surface area contributed by atoms with Crippen LogP contribution in [0.2, 0.25) is 0 Å². The third kappa shape index (κ3) is 4.71. The van der Waals surface area contributed by atoms with Crippen LogP contribution in [0.1, 0.15) is 57.9 Å². The average molecular weight is 478 g/mol. The van der Waals surface area contributed by atoms with Gasteiger partial charge in [-0.2, -0.15) is 5.10 Å². The Morgan fingerprint density at radius 1 is 1.31 bits per heavy atom. The number of carbonyl (C=O) groups is 2. The molecule has 2 fully saturated rings. The summed E-state index contributed by atoms with van der Waals surface area (Å²) in [6.45, 7) is 7.03. The van der Waals surface area contributed by atoms with Crippen molar-refractivity contribution in [2.45, 2.75) is 70.1 Å². The van der Waals surface area contributed by atoms with Crippen molar-refractivity contribution in [1.29, 1.82) is 0 Å². The molecule has 0 bridgehead atoms. The van der Waals surface area contributed by atoms with Gasteiger partial charge in [0.1, 0.15) is 0 Å². The monoisotopic (exact) mass is 477 g/mol. The number of alkyl halides is 1. The maximum Gasteiger partial charge on any atom is 0.234 e. The van der Waals surface area contributed by atoms with Gasteiger partial charge in [-0.3, -0.25) is 15.0 Å². The van der Waals surface area contributed by atoms with Gasteiger partial charge in [-0.15, -0.1) is 11.6 Å². The van der Waals surface area contributed by atoms with E-state index in [-0.39, 0.29) is 41.2 Å². The Kier molecular flexibility index (Phi) is 7.20. The van der Waals surface area contributed by atoms with Gasteiger partial charge in [0.15, 0.2) is 11.5 Å². The van der Waals surface area contributed by atoms with E-state index in [1.807, 2.05) is 29.2 Å². The van der Waals surface area contributed by atoms with Gasteiger partial charge in [0.2, 0.25) is 11.8 Å². The summed E-state index contributed by atoms with van der Waals surface area (Å²) < 4.78 is 0. The van der Waals surface area contributed by atoms with Gasteiger partial charge in [-0.05, 0) is 49.3 Å². The number of anilines is 1. The molecule has 1 aromatic rings. The van der Waals surface area contributed by atoms with E-state index in [0.717, 1.165) is 30.1 Å². The van der Waals surface area contributed by atoms with Crippen molar-refractivity contribution in [3.63, 3.8) is 0 Å². The molecule has 9 heteroatoms. The Balaban J connectivity index is 1.41. The molecule has 2 aliphatic heterocycles. The minimum absolute atomic E-state index is 0.0386. The molecule has 4 rings (SSSR count). The number of hydrogen-bond donors (Lipinski definition) is 2. The molecule has 32 heavy (non-hydrogen) atoms. The fourth-order valence-corrected chi connectivity index (χ4v) is 5.93. The van der Waals surface area contributed by atoms with Crippen molar-refractivity contribution >= 4 is 46.0 Å². The first kappa shape index (κ1) is 23.2. The topological polar surface area (TPSA) is 77.0 Å². The van der Waals surface area contributed by atoms with E-state index >= 15 is 0 Å². The Morgan fingerprint density at radius 2 is 2.06 bits per heavy atom. The van der Waals surface area contributed by atoms with E-state index < -0.39 is 0 Å². The third-order valence-electron chi connectivity index (χ3n) is 6.42. The molecule has 2 amide bonds. The zero-order valence-corrected chi connectivity index (χ0v) is 20.5. The van der Waals surface area contributed by atoms with Crippen LogP contribution in [0.5, 0.6) is 0 Å². The van der Waals surface area contributed by atoms with Gasteiger partial charge in [0, 0.05) is 23.7 Å². The summed E-state index contributed by atoms with van der Waals surface area (Å²) in [6.07, 6.45) is 3.04. The third-order valence-corrected chi connectivity index (χ3v) is 7.78. The van der Waals surface area contributed by atoms with Gasteiger partial charge in [0.05, 0.1) is 11.7 Å². The molecule has 3 aliphatic rings. The van der Waals surface area contributed by atoms with E-state index in [1.54, 1.807) is 0 Å². The number of hydrazone groups is 1. The Bertz CT molecular complexity index is 878. The highest BCUT2D eigenvalue weighted by atomic mass is 35.5.